The molecule has 3 N–H and O–H groups in total. The zero-order valence-electron chi connectivity index (χ0n) is 10.5. The van der Waals surface area contributed by atoms with Gasteiger partial charge in [0.15, 0.2) is 0 Å². The van der Waals surface area contributed by atoms with E-state index in [9.17, 15) is 4.39 Å². The van der Waals surface area contributed by atoms with Crippen LogP contribution in [0.2, 0.25) is 5.02 Å². The van der Waals surface area contributed by atoms with Gasteiger partial charge in [-0.15, -0.1) is 0 Å². The molecule has 0 heterocycles. The highest BCUT2D eigenvalue weighted by molar-refractivity contribution is 6.31. The summed E-state index contributed by atoms with van der Waals surface area (Å²) in [6, 6.07) is 2.82. The fraction of sp³-hybridized carbons (Fsp3) is 0.571. The number of anilines is 2. The molecule has 0 bridgehead atoms. The fourth-order valence-electron chi connectivity index (χ4n) is 2.63. The molecule has 4 heteroatoms. The topological polar surface area (TPSA) is 38.0 Å². The number of hydrogen-bond donors (Lipinski definition) is 2. The molecule has 18 heavy (non-hydrogen) atoms. The lowest BCUT2D eigenvalue weighted by molar-refractivity contribution is 0.491. The molecule has 1 aromatic rings. The van der Waals surface area contributed by atoms with Crippen molar-refractivity contribution in [2.45, 2.75) is 38.5 Å². The van der Waals surface area contributed by atoms with Gasteiger partial charge in [-0.05, 0) is 24.8 Å². The maximum Gasteiger partial charge on any atom is 0.143 e. The molecule has 1 aromatic carbocycles. The van der Waals surface area contributed by atoms with Crippen molar-refractivity contribution >= 4 is 23.0 Å². The predicted octanol–water partition coefficient (Wildman–Crippen LogP) is 4.44. The Bertz CT molecular complexity index is 403. The van der Waals surface area contributed by atoms with Crippen LogP contribution in [0.25, 0.3) is 0 Å². The number of halogens is 2. The molecule has 1 fully saturated rings. The lowest BCUT2D eigenvalue weighted by Crippen LogP contribution is -2.06. The minimum Gasteiger partial charge on any atom is -0.397 e. The minimum atomic E-state index is -0.427. The molecule has 1 aliphatic rings. The molecule has 100 valence electrons. The van der Waals surface area contributed by atoms with Gasteiger partial charge >= 0.3 is 0 Å². The van der Waals surface area contributed by atoms with Crippen LogP contribution in [0.4, 0.5) is 15.8 Å². The van der Waals surface area contributed by atoms with Crippen molar-refractivity contribution in [3.8, 4) is 0 Å². The number of nitrogens with two attached hydrogens (primary N) is 1. The zero-order chi connectivity index (χ0) is 13.0. The first-order chi connectivity index (χ1) is 8.66. The first kappa shape index (κ1) is 13.5. The molecule has 0 saturated heterocycles. The third-order valence-electron chi connectivity index (χ3n) is 3.67. The summed E-state index contributed by atoms with van der Waals surface area (Å²) in [4.78, 5) is 0. The Morgan fingerprint density at radius 1 is 1.33 bits per heavy atom. The van der Waals surface area contributed by atoms with Crippen LogP contribution in [-0.4, -0.2) is 6.54 Å². The van der Waals surface area contributed by atoms with Crippen LogP contribution in [0.1, 0.15) is 38.5 Å². The number of nitrogens with one attached hydrogen (secondary N) is 1. The van der Waals surface area contributed by atoms with E-state index >= 15 is 0 Å². The smallest absolute Gasteiger partial charge is 0.143 e. The van der Waals surface area contributed by atoms with Gasteiger partial charge in [-0.25, -0.2) is 4.39 Å². The molecular formula is C14H20ClFN2. The Morgan fingerprint density at radius 3 is 2.78 bits per heavy atom. The molecule has 0 atom stereocenters. The highest BCUT2D eigenvalue weighted by Crippen LogP contribution is 2.29. The highest BCUT2D eigenvalue weighted by atomic mass is 35.5. The number of hydrogen-bond acceptors (Lipinski definition) is 2. The summed E-state index contributed by atoms with van der Waals surface area (Å²) >= 11 is 5.65. The predicted molar refractivity (Wildman–Crippen MR) is 75.5 cm³/mol. The molecule has 2 rings (SSSR count). The molecular weight excluding hydrogens is 251 g/mol. The van der Waals surface area contributed by atoms with E-state index in [-0.39, 0.29) is 5.02 Å². The molecule has 0 aromatic heterocycles. The van der Waals surface area contributed by atoms with E-state index in [0.717, 1.165) is 18.9 Å². The van der Waals surface area contributed by atoms with Gasteiger partial charge in [-0.2, -0.15) is 0 Å². The lowest BCUT2D eigenvalue weighted by atomic mass is 10.0. The third kappa shape index (κ3) is 3.52. The molecule has 1 saturated carbocycles. The summed E-state index contributed by atoms with van der Waals surface area (Å²) in [7, 11) is 0. The van der Waals surface area contributed by atoms with Gasteiger partial charge in [0.05, 0.1) is 16.4 Å². The first-order valence-corrected chi connectivity index (χ1v) is 7.03. The van der Waals surface area contributed by atoms with Crippen molar-refractivity contribution in [2.75, 3.05) is 17.6 Å². The lowest BCUT2D eigenvalue weighted by Gasteiger charge is -2.12. The van der Waals surface area contributed by atoms with Crippen LogP contribution in [-0.2, 0) is 0 Å². The Hall–Kier alpha value is -0.960. The average molecular weight is 271 g/mol. The van der Waals surface area contributed by atoms with E-state index in [0.29, 0.717) is 11.4 Å². The van der Waals surface area contributed by atoms with E-state index in [2.05, 4.69) is 5.32 Å². The Balaban J connectivity index is 1.77. The summed E-state index contributed by atoms with van der Waals surface area (Å²) in [5.41, 5.74) is 6.93. The van der Waals surface area contributed by atoms with Gasteiger partial charge in [0.1, 0.15) is 5.82 Å². The standard InChI is InChI=1S/C14H20ClFN2/c15-11-8-13(17)14(9-12(11)16)18-7-3-6-10-4-1-2-5-10/h8-10,18H,1-7,17H2. The molecule has 0 aliphatic heterocycles. The SMILES string of the molecule is Nc1cc(Cl)c(F)cc1NCCCC1CCCC1. The van der Waals surface area contributed by atoms with E-state index in [1.807, 2.05) is 0 Å². The Morgan fingerprint density at radius 2 is 2.06 bits per heavy atom. The van der Waals surface area contributed by atoms with Gasteiger partial charge in [0.2, 0.25) is 0 Å². The second-order valence-corrected chi connectivity index (χ2v) is 5.48. The van der Waals surface area contributed by atoms with E-state index < -0.39 is 5.82 Å². The number of nitrogen functional groups attached to an aromatic ring is 1. The normalized spacial score (nSPS) is 16.1. The Labute approximate surface area is 113 Å². The zero-order valence-corrected chi connectivity index (χ0v) is 11.3. The molecule has 0 unspecified atom stereocenters. The minimum absolute atomic E-state index is 0.0732. The Kier molecular flexibility index (Phi) is 4.70. The van der Waals surface area contributed by atoms with Crippen LogP contribution >= 0.6 is 11.6 Å². The van der Waals surface area contributed by atoms with Crippen LogP contribution in [0.3, 0.4) is 0 Å². The monoisotopic (exact) mass is 270 g/mol. The summed E-state index contributed by atoms with van der Waals surface area (Å²) in [6.07, 6.45) is 7.87. The number of benzene rings is 1. The van der Waals surface area contributed by atoms with Crippen LogP contribution in [0.15, 0.2) is 12.1 Å². The van der Waals surface area contributed by atoms with Crippen molar-refractivity contribution in [1.82, 2.24) is 0 Å². The van der Waals surface area contributed by atoms with Crippen molar-refractivity contribution < 1.29 is 4.39 Å². The van der Waals surface area contributed by atoms with Gasteiger partial charge in [0, 0.05) is 12.6 Å². The fourth-order valence-corrected chi connectivity index (χ4v) is 2.80. The van der Waals surface area contributed by atoms with Crippen molar-refractivity contribution in [3.05, 3.63) is 23.0 Å². The molecule has 0 spiro atoms. The van der Waals surface area contributed by atoms with Gasteiger partial charge in [-0.1, -0.05) is 37.3 Å². The molecule has 1 aliphatic carbocycles. The maximum atomic E-state index is 13.3. The summed E-state index contributed by atoms with van der Waals surface area (Å²) in [5, 5.41) is 3.25. The average Bonchev–Trinajstić information content (AvgIpc) is 2.84. The van der Waals surface area contributed by atoms with Gasteiger partial charge in [-0.3, -0.25) is 0 Å². The first-order valence-electron chi connectivity index (χ1n) is 6.65. The van der Waals surface area contributed by atoms with E-state index in [1.54, 1.807) is 0 Å². The van der Waals surface area contributed by atoms with Crippen LogP contribution < -0.4 is 11.1 Å². The summed E-state index contributed by atoms with van der Waals surface area (Å²) in [5.74, 6) is 0.468. The maximum absolute atomic E-state index is 13.3. The summed E-state index contributed by atoms with van der Waals surface area (Å²) in [6.45, 7) is 0.835. The second-order valence-electron chi connectivity index (χ2n) is 5.07. The summed E-state index contributed by atoms with van der Waals surface area (Å²) < 4.78 is 13.3. The number of rotatable bonds is 5. The van der Waals surface area contributed by atoms with E-state index in [1.165, 1.54) is 44.2 Å². The second kappa shape index (κ2) is 6.28. The van der Waals surface area contributed by atoms with E-state index in [4.69, 9.17) is 17.3 Å². The largest absolute Gasteiger partial charge is 0.397 e. The van der Waals surface area contributed by atoms with Crippen molar-refractivity contribution in [1.29, 1.82) is 0 Å². The quantitative estimate of drug-likeness (QED) is 0.613. The van der Waals surface area contributed by atoms with Crippen LogP contribution in [0, 0.1) is 11.7 Å². The molecule has 0 amide bonds. The third-order valence-corrected chi connectivity index (χ3v) is 3.96. The van der Waals surface area contributed by atoms with Crippen LogP contribution in [0.5, 0.6) is 0 Å². The van der Waals surface area contributed by atoms with Crippen molar-refractivity contribution in [3.63, 3.8) is 0 Å². The van der Waals surface area contributed by atoms with Gasteiger partial charge < -0.3 is 11.1 Å². The van der Waals surface area contributed by atoms with Gasteiger partial charge in [0.25, 0.3) is 0 Å². The molecule has 2 nitrogen and oxygen atoms in total. The molecule has 0 radical (unpaired) electrons. The highest BCUT2D eigenvalue weighted by Gasteiger charge is 2.14. The van der Waals surface area contributed by atoms with Crippen molar-refractivity contribution in [2.24, 2.45) is 5.92 Å².